The van der Waals surface area contributed by atoms with Gasteiger partial charge >= 0.3 is 0 Å². The van der Waals surface area contributed by atoms with Gasteiger partial charge in [-0.25, -0.2) is 0 Å². The van der Waals surface area contributed by atoms with Gasteiger partial charge in [0, 0.05) is 18.0 Å². The summed E-state index contributed by atoms with van der Waals surface area (Å²) in [6.07, 6.45) is 2.51. The van der Waals surface area contributed by atoms with Crippen LogP contribution in [0.15, 0.2) is 34.3 Å². The first-order valence-corrected chi connectivity index (χ1v) is 8.43. The van der Waals surface area contributed by atoms with Gasteiger partial charge in [-0.2, -0.15) is 11.3 Å². The van der Waals surface area contributed by atoms with Crippen molar-refractivity contribution in [2.24, 2.45) is 0 Å². The van der Waals surface area contributed by atoms with E-state index in [-0.39, 0.29) is 5.91 Å². The standard InChI is InChI=1S/C15H19NOS2/c1-2-7-16(8-5-13-6-10-18-12-13)15(17)11-14-4-3-9-19-14/h3-4,6,9-10,12H,2,5,7-8,11H2,1H3. The molecular formula is C15H19NOS2. The minimum Gasteiger partial charge on any atom is -0.342 e. The summed E-state index contributed by atoms with van der Waals surface area (Å²) in [7, 11) is 0. The van der Waals surface area contributed by atoms with Crippen molar-refractivity contribution in [2.75, 3.05) is 13.1 Å². The number of carbonyl (C=O) groups is 1. The van der Waals surface area contributed by atoms with Crippen LogP contribution in [-0.2, 0) is 17.6 Å². The lowest BCUT2D eigenvalue weighted by molar-refractivity contribution is -0.130. The summed E-state index contributed by atoms with van der Waals surface area (Å²) in [5.41, 5.74) is 1.33. The number of nitrogens with zero attached hydrogens (tertiary/aromatic N) is 1. The zero-order valence-corrected chi connectivity index (χ0v) is 12.8. The molecule has 0 spiro atoms. The maximum Gasteiger partial charge on any atom is 0.227 e. The summed E-state index contributed by atoms with van der Waals surface area (Å²) in [4.78, 5) is 15.4. The van der Waals surface area contributed by atoms with Crippen molar-refractivity contribution >= 4 is 28.6 Å². The zero-order chi connectivity index (χ0) is 13.5. The molecule has 0 fully saturated rings. The molecule has 2 rings (SSSR count). The quantitative estimate of drug-likeness (QED) is 0.759. The largest absolute Gasteiger partial charge is 0.342 e. The van der Waals surface area contributed by atoms with Crippen molar-refractivity contribution in [2.45, 2.75) is 26.2 Å². The van der Waals surface area contributed by atoms with E-state index in [1.165, 1.54) is 5.56 Å². The smallest absolute Gasteiger partial charge is 0.227 e. The highest BCUT2D eigenvalue weighted by molar-refractivity contribution is 7.10. The Morgan fingerprint density at radius 1 is 1.26 bits per heavy atom. The van der Waals surface area contributed by atoms with Gasteiger partial charge < -0.3 is 4.90 Å². The number of hydrogen-bond donors (Lipinski definition) is 0. The Bertz CT molecular complexity index is 476. The molecule has 0 bridgehead atoms. The Hall–Kier alpha value is -1.13. The van der Waals surface area contributed by atoms with Crippen LogP contribution in [0.4, 0.5) is 0 Å². The number of thiophene rings is 2. The van der Waals surface area contributed by atoms with Crippen LogP contribution < -0.4 is 0 Å². The Morgan fingerprint density at radius 2 is 2.16 bits per heavy atom. The Morgan fingerprint density at radius 3 is 2.79 bits per heavy atom. The lowest BCUT2D eigenvalue weighted by Gasteiger charge is -2.21. The summed E-state index contributed by atoms with van der Waals surface area (Å²) >= 11 is 3.37. The van der Waals surface area contributed by atoms with Gasteiger partial charge in [0.25, 0.3) is 0 Å². The van der Waals surface area contributed by atoms with Crippen molar-refractivity contribution in [1.82, 2.24) is 4.90 Å². The molecule has 0 aromatic carbocycles. The van der Waals surface area contributed by atoms with E-state index in [0.29, 0.717) is 6.42 Å². The third-order valence-corrected chi connectivity index (χ3v) is 4.61. The van der Waals surface area contributed by atoms with Crippen LogP contribution in [0.3, 0.4) is 0 Å². The average molecular weight is 293 g/mol. The predicted molar refractivity (Wildman–Crippen MR) is 82.9 cm³/mol. The normalized spacial score (nSPS) is 10.6. The highest BCUT2D eigenvalue weighted by Crippen LogP contribution is 2.12. The number of amides is 1. The second-order valence-electron chi connectivity index (χ2n) is 4.52. The van der Waals surface area contributed by atoms with E-state index in [0.717, 1.165) is 30.8 Å². The van der Waals surface area contributed by atoms with E-state index in [1.807, 2.05) is 22.4 Å². The molecule has 19 heavy (non-hydrogen) atoms. The van der Waals surface area contributed by atoms with E-state index in [2.05, 4.69) is 23.8 Å². The summed E-state index contributed by atoms with van der Waals surface area (Å²) in [6, 6.07) is 6.17. The van der Waals surface area contributed by atoms with Crippen molar-refractivity contribution in [3.05, 3.63) is 44.8 Å². The first-order chi connectivity index (χ1) is 9.29. The second kappa shape index (κ2) is 7.46. The molecule has 1 amide bonds. The van der Waals surface area contributed by atoms with Gasteiger partial charge in [-0.1, -0.05) is 13.0 Å². The number of rotatable bonds is 7. The molecule has 0 unspecified atom stereocenters. The minimum absolute atomic E-state index is 0.250. The highest BCUT2D eigenvalue weighted by atomic mass is 32.1. The molecule has 0 saturated heterocycles. The number of carbonyl (C=O) groups excluding carboxylic acids is 1. The molecule has 0 radical (unpaired) electrons. The van der Waals surface area contributed by atoms with Gasteiger partial charge in [-0.05, 0) is 46.7 Å². The lowest BCUT2D eigenvalue weighted by atomic mass is 10.2. The average Bonchev–Trinajstić information content (AvgIpc) is 3.07. The van der Waals surface area contributed by atoms with Crippen LogP contribution in [0.25, 0.3) is 0 Å². The molecular weight excluding hydrogens is 274 g/mol. The van der Waals surface area contributed by atoms with Gasteiger partial charge in [-0.3, -0.25) is 4.79 Å². The molecule has 2 nitrogen and oxygen atoms in total. The lowest BCUT2D eigenvalue weighted by Crippen LogP contribution is -2.34. The van der Waals surface area contributed by atoms with Gasteiger partial charge in [-0.15, -0.1) is 11.3 Å². The Labute approximate surface area is 122 Å². The van der Waals surface area contributed by atoms with Crippen LogP contribution in [0.5, 0.6) is 0 Å². The Balaban J connectivity index is 1.89. The molecule has 0 saturated carbocycles. The molecule has 0 aliphatic heterocycles. The molecule has 2 heterocycles. The maximum absolute atomic E-state index is 12.3. The fraction of sp³-hybridized carbons (Fsp3) is 0.400. The summed E-state index contributed by atoms with van der Waals surface area (Å²) in [5.74, 6) is 0.250. The fourth-order valence-corrected chi connectivity index (χ4v) is 3.40. The maximum atomic E-state index is 12.3. The molecule has 0 N–H and O–H groups in total. The molecule has 102 valence electrons. The summed E-state index contributed by atoms with van der Waals surface area (Å²) < 4.78 is 0. The summed E-state index contributed by atoms with van der Waals surface area (Å²) in [6.45, 7) is 3.80. The fourth-order valence-electron chi connectivity index (χ4n) is 2.00. The van der Waals surface area contributed by atoms with Crippen molar-refractivity contribution < 1.29 is 4.79 Å². The van der Waals surface area contributed by atoms with Crippen LogP contribution in [0.1, 0.15) is 23.8 Å². The van der Waals surface area contributed by atoms with E-state index in [4.69, 9.17) is 0 Å². The predicted octanol–water partition coefficient (Wildman–Crippen LogP) is 3.83. The van der Waals surface area contributed by atoms with Gasteiger partial charge in [0.15, 0.2) is 0 Å². The number of hydrogen-bond acceptors (Lipinski definition) is 3. The van der Waals surface area contributed by atoms with Gasteiger partial charge in [0.1, 0.15) is 0 Å². The van der Waals surface area contributed by atoms with Crippen molar-refractivity contribution in [3.63, 3.8) is 0 Å². The first kappa shape index (κ1) is 14.3. The summed E-state index contributed by atoms with van der Waals surface area (Å²) in [5, 5.41) is 6.28. The SMILES string of the molecule is CCCN(CCc1ccsc1)C(=O)Cc1cccs1. The Kier molecular flexibility index (Phi) is 5.61. The molecule has 0 aliphatic carbocycles. The van der Waals surface area contributed by atoms with E-state index >= 15 is 0 Å². The van der Waals surface area contributed by atoms with Gasteiger partial charge in [0.2, 0.25) is 5.91 Å². The topological polar surface area (TPSA) is 20.3 Å². The zero-order valence-electron chi connectivity index (χ0n) is 11.2. The molecule has 4 heteroatoms. The van der Waals surface area contributed by atoms with Crippen LogP contribution in [0.2, 0.25) is 0 Å². The van der Waals surface area contributed by atoms with Crippen LogP contribution in [0, 0.1) is 0 Å². The molecule has 0 atom stereocenters. The third kappa shape index (κ3) is 4.48. The van der Waals surface area contributed by atoms with Crippen molar-refractivity contribution in [3.8, 4) is 0 Å². The molecule has 2 aromatic heterocycles. The van der Waals surface area contributed by atoms with Crippen molar-refractivity contribution in [1.29, 1.82) is 0 Å². The van der Waals surface area contributed by atoms with Crippen LogP contribution >= 0.6 is 22.7 Å². The van der Waals surface area contributed by atoms with E-state index in [1.54, 1.807) is 22.7 Å². The molecule has 2 aromatic rings. The van der Waals surface area contributed by atoms with Crippen LogP contribution in [-0.4, -0.2) is 23.9 Å². The second-order valence-corrected chi connectivity index (χ2v) is 6.33. The minimum atomic E-state index is 0.250. The van der Waals surface area contributed by atoms with Gasteiger partial charge in [0.05, 0.1) is 6.42 Å². The van der Waals surface area contributed by atoms with E-state index < -0.39 is 0 Å². The highest BCUT2D eigenvalue weighted by Gasteiger charge is 2.13. The molecule has 0 aliphatic rings. The monoisotopic (exact) mass is 293 g/mol. The van der Waals surface area contributed by atoms with E-state index in [9.17, 15) is 4.79 Å². The third-order valence-electron chi connectivity index (χ3n) is 3.00. The first-order valence-electron chi connectivity index (χ1n) is 6.61.